The molecule has 0 fully saturated rings. The molecule has 0 saturated carbocycles. The molecule has 0 radical (unpaired) electrons. The van der Waals surface area contributed by atoms with Gasteiger partial charge in [-0.2, -0.15) is 0 Å². The molecule has 0 saturated heterocycles. The Morgan fingerprint density at radius 1 is 0.266 bits per heavy atom. The Bertz CT molecular complexity index is 7650. The van der Waals surface area contributed by atoms with Crippen LogP contribution < -0.4 is 19.3 Å². The van der Waals surface area contributed by atoms with E-state index in [-0.39, 0.29) is 16.2 Å². The minimum Gasteiger partial charge on any atom is -0.494 e. The first-order valence-corrected chi connectivity index (χ1v) is 51.1. The lowest BCUT2D eigenvalue weighted by Crippen LogP contribution is -2.27. The van der Waals surface area contributed by atoms with E-state index in [4.69, 9.17) is 18.9 Å². The third-order valence-corrected chi connectivity index (χ3v) is 30.6. The largest absolute Gasteiger partial charge is 0.494 e. The molecule has 0 aliphatic heterocycles. The second kappa shape index (κ2) is 39.3. The molecule has 2 unspecified atom stereocenters. The molecule has 702 valence electrons. The maximum absolute atomic E-state index is 6.64. The van der Waals surface area contributed by atoms with Crippen molar-refractivity contribution < 1.29 is 18.9 Å². The summed E-state index contributed by atoms with van der Waals surface area (Å²) in [6.45, 7) is 20.3. The van der Waals surface area contributed by atoms with E-state index in [1.165, 1.54) is 111 Å². The van der Waals surface area contributed by atoms with Crippen molar-refractivity contribution in [2.24, 2.45) is 0 Å². The highest BCUT2D eigenvalue weighted by molar-refractivity contribution is 6.12. The maximum atomic E-state index is 6.64. The van der Waals surface area contributed by atoms with Gasteiger partial charge >= 0.3 is 0 Å². The van der Waals surface area contributed by atoms with Gasteiger partial charge in [0.05, 0.1) is 61.7 Å². The molecule has 3 aliphatic rings. The van der Waals surface area contributed by atoms with Gasteiger partial charge in [0, 0.05) is 83.3 Å². The van der Waals surface area contributed by atoms with E-state index in [0.29, 0.717) is 39.6 Å². The zero-order valence-electron chi connectivity index (χ0n) is 82.1. The fourth-order valence-corrected chi connectivity index (χ4v) is 23.6. The van der Waals surface area contributed by atoms with Crippen LogP contribution in [0.2, 0.25) is 0 Å². The first kappa shape index (κ1) is 91.0. The zero-order chi connectivity index (χ0) is 96.5. The summed E-state index contributed by atoms with van der Waals surface area (Å²) < 4.78 is 30.5. The predicted molar refractivity (Wildman–Crippen MR) is 595 cm³/mol. The van der Waals surface area contributed by atoms with E-state index in [9.17, 15) is 0 Å². The second-order valence-electron chi connectivity index (χ2n) is 39.8. The van der Waals surface area contributed by atoms with Crippen molar-refractivity contribution in [3.05, 3.63) is 515 Å². The number of benzene rings is 18. The van der Waals surface area contributed by atoms with Gasteiger partial charge in [0.15, 0.2) is 0 Å². The van der Waals surface area contributed by atoms with Gasteiger partial charge in [-0.1, -0.05) is 345 Å². The van der Waals surface area contributed by atoms with Crippen LogP contribution in [0.5, 0.6) is 11.5 Å². The molecule has 0 bridgehead atoms. The van der Waals surface area contributed by atoms with Gasteiger partial charge in [-0.3, -0.25) is 0 Å². The molecule has 20 aromatic rings. The quantitative estimate of drug-likeness (QED) is 0.0365. The molecule has 2 heterocycles. The Morgan fingerprint density at radius 3 is 1.03 bits per heavy atom. The lowest BCUT2D eigenvalue weighted by Gasteiger charge is -2.34. The van der Waals surface area contributed by atoms with E-state index in [0.717, 1.165) is 177 Å². The van der Waals surface area contributed by atoms with Crippen molar-refractivity contribution in [2.75, 3.05) is 23.0 Å². The summed E-state index contributed by atoms with van der Waals surface area (Å²) in [5, 5.41) is 4.80. The summed E-state index contributed by atoms with van der Waals surface area (Å²) in [5.41, 5.74) is 40.4. The molecule has 8 nitrogen and oxygen atoms in total. The Hall–Kier alpha value is -15.8. The summed E-state index contributed by atoms with van der Waals surface area (Å²) >= 11 is 0. The minimum absolute atomic E-state index is 0.221. The normalized spacial score (nSPS) is 14.5. The highest BCUT2D eigenvalue weighted by Crippen LogP contribution is 2.60. The van der Waals surface area contributed by atoms with Gasteiger partial charge in [-0.05, 0) is 308 Å². The van der Waals surface area contributed by atoms with E-state index < -0.39 is 0 Å². The van der Waals surface area contributed by atoms with Crippen LogP contribution in [0.25, 0.3) is 101 Å². The highest BCUT2D eigenvalue weighted by atomic mass is 16.5. The molecule has 0 spiro atoms. The number of ether oxygens (including phenoxy) is 4. The average Bonchev–Trinajstić information content (AvgIpc) is 1.55. The number of aryl methyl sites for hydroxylation is 2. The molecule has 3 aliphatic carbocycles. The van der Waals surface area contributed by atoms with Crippen molar-refractivity contribution >= 4 is 89.9 Å². The van der Waals surface area contributed by atoms with E-state index >= 15 is 0 Å². The number of hydrogen-bond donors (Lipinski definition) is 0. The molecule has 23 rings (SSSR count). The van der Waals surface area contributed by atoms with Crippen LogP contribution in [0, 0.1) is 13.8 Å². The summed E-state index contributed by atoms with van der Waals surface area (Å²) in [7, 11) is 0. The third kappa shape index (κ3) is 17.2. The Labute approximate surface area is 840 Å². The number of nitrogens with zero attached hydrogens (tertiary/aromatic N) is 4. The number of hydrogen-bond acceptors (Lipinski definition) is 6. The monoisotopic (exact) mass is 1860 g/mol. The second-order valence-corrected chi connectivity index (χ2v) is 39.8. The SMILES string of the molecule is C=Cc1ccc(OCCCCCCC2(c3ccccc3)c3ccccc3-c3ccc(N(c4cccc(C)c4)c4ccc5c(c4)c4ccccc4n5-c4ccc(COCc5ccc6c(c5)C(C)(C)c5cc(COCc7ccc(-n8c9ccccc9c9cc(N(c%10cccc(C)c%10)c%10ccc%11c(c%10)C(CCCCCCOc%10ccc(C=C)cc%10)(c%10ccccc%10)c%10ccccc%10-%11)ccc98)cc7)ccc5-6)cc4)cc32)cc1. The van der Waals surface area contributed by atoms with Crippen molar-refractivity contribution in [1.29, 1.82) is 0 Å². The van der Waals surface area contributed by atoms with Crippen molar-refractivity contribution in [1.82, 2.24) is 9.13 Å². The number of fused-ring (bicyclic) bond motifs is 15. The topological polar surface area (TPSA) is 53.3 Å². The smallest absolute Gasteiger partial charge is 0.119 e. The van der Waals surface area contributed by atoms with Crippen molar-refractivity contribution in [3.63, 3.8) is 0 Å². The number of para-hydroxylation sites is 2. The van der Waals surface area contributed by atoms with E-state index in [1.807, 2.05) is 36.4 Å². The van der Waals surface area contributed by atoms with Gasteiger partial charge in [-0.15, -0.1) is 0 Å². The van der Waals surface area contributed by atoms with Crippen molar-refractivity contribution in [2.45, 2.75) is 135 Å². The molecular weight excluding hydrogens is 1740 g/mol. The lowest BCUT2D eigenvalue weighted by atomic mass is 9.69. The van der Waals surface area contributed by atoms with Crippen LogP contribution in [-0.4, -0.2) is 22.3 Å². The molecule has 143 heavy (non-hydrogen) atoms. The van der Waals surface area contributed by atoms with Gasteiger partial charge < -0.3 is 37.9 Å². The number of aromatic nitrogens is 2. The van der Waals surface area contributed by atoms with Crippen LogP contribution in [0.1, 0.15) is 167 Å². The maximum Gasteiger partial charge on any atom is 0.119 e. The molecule has 8 heteroatoms. The minimum atomic E-state index is -0.351. The fraction of sp³-hybridized carbons (Fsp3) is 0.170. The molecule has 2 atom stereocenters. The molecule has 18 aromatic carbocycles. The summed E-state index contributed by atoms with van der Waals surface area (Å²) in [4.78, 5) is 4.96. The first-order valence-electron chi connectivity index (χ1n) is 51.1. The van der Waals surface area contributed by atoms with Crippen LogP contribution in [0.4, 0.5) is 34.1 Å². The third-order valence-electron chi connectivity index (χ3n) is 30.6. The molecule has 0 N–H and O–H groups in total. The first-order chi connectivity index (χ1) is 70.3. The fourth-order valence-electron chi connectivity index (χ4n) is 23.6. The van der Waals surface area contributed by atoms with Gasteiger partial charge in [-0.25, -0.2) is 0 Å². The zero-order valence-corrected chi connectivity index (χ0v) is 82.1. The Balaban J connectivity index is 0.449. The van der Waals surface area contributed by atoms with Gasteiger partial charge in [0.1, 0.15) is 11.5 Å². The van der Waals surface area contributed by atoms with Crippen LogP contribution in [0.15, 0.2) is 426 Å². The summed E-state index contributed by atoms with van der Waals surface area (Å²) in [6.07, 6.45) is 14.3. The highest BCUT2D eigenvalue weighted by Gasteiger charge is 2.47. The van der Waals surface area contributed by atoms with Gasteiger partial charge in [0.2, 0.25) is 0 Å². The molecule has 2 aromatic heterocycles. The number of anilines is 6. The van der Waals surface area contributed by atoms with E-state index in [2.05, 4.69) is 448 Å². The number of unbranched alkanes of at least 4 members (excludes halogenated alkanes) is 6. The Morgan fingerprint density at radius 2 is 0.608 bits per heavy atom. The van der Waals surface area contributed by atoms with E-state index in [1.54, 1.807) is 0 Å². The Kier molecular flexibility index (Phi) is 25.0. The number of rotatable bonds is 36. The molecular formula is C135H118N4O4. The summed E-state index contributed by atoms with van der Waals surface area (Å²) in [6, 6.07) is 153. The van der Waals surface area contributed by atoms with Crippen LogP contribution in [-0.2, 0) is 52.1 Å². The van der Waals surface area contributed by atoms with Gasteiger partial charge in [0.25, 0.3) is 0 Å². The van der Waals surface area contributed by atoms with Crippen LogP contribution >= 0.6 is 0 Å². The predicted octanol–water partition coefficient (Wildman–Crippen LogP) is 35.2. The standard InChI is InChI=1S/C135H118N4O4/c1-7-95-53-67-111(68-54-95)142-79-29-11-9-27-77-134(101-35-15-13-16-36-101)123-45-23-19-41-113(123)117-73-63-109(87-127(117)134)136(105-39-31-33-93(3)81-105)107-65-75-131-121(85-107)119-43-21-25-47-129(119)138(131)103-59-49-97(50-60-103)89-140-91-99-57-71-115-116-72-58-100(84-126(116)133(5,6)125(115)83-99)92-141-90-98-51-61-104(62-52-98)139-130-48-26-22-44-120(130)122-86-108(66-76-132(122)139)137(106-40-32-34-94(4)82-106)110-64-74-118-114-42-20-24-46-124(114)135(128(118)88-110,102-37-17-14-18-38-102)78-28-10-12-30-80-143-112-69-55-96(8-2)56-70-112/h7-8,13-26,31-76,81-88H,1-2,9-12,27-30,77-80,89-92H2,3-6H3. The average molecular weight is 1860 g/mol. The summed E-state index contributed by atoms with van der Waals surface area (Å²) in [5.74, 6) is 1.81. The van der Waals surface area contributed by atoms with Crippen LogP contribution in [0.3, 0.4) is 0 Å². The lowest BCUT2D eigenvalue weighted by molar-refractivity contribution is 0.107. The molecule has 0 amide bonds. The van der Waals surface area contributed by atoms with Crippen molar-refractivity contribution in [3.8, 4) is 56.3 Å².